The Morgan fingerprint density at radius 1 is 1.45 bits per heavy atom. The van der Waals surface area contributed by atoms with Gasteiger partial charge in [0.25, 0.3) is 0 Å². The summed E-state index contributed by atoms with van der Waals surface area (Å²) in [7, 11) is 1.62. The molecule has 0 aliphatic heterocycles. The number of methoxy groups -OCH3 is 1. The quantitative estimate of drug-likeness (QED) is 0.718. The Balaban J connectivity index is 3.21. The highest BCUT2D eigenvalue weighted by atomic mass is 127. The van der Waals surface area contributed by atoms with Crippen molar-refractivity contribution in [2.75, 3.05) is 7.11 Å². The van der Waals surface area contributed by atoms with Crippen molar-refractivity contribution in [2.24, 2.45) is 0 Å². The molecule has 0 aliphatic rings. The van der Waals surface area contributed by atoms with Crippen molar-refractivity contribution in [3.8, 4) is 5.75 Å². The molecule has 1 aromatic rings. The normalized spacial score (nSPS) is 9.82. The van der Waals surface area contributed by atoms with Crippen LogP contribution >= 0.6 is 34.2 Å². The zero-order valence-electron chi connectivity index (χ0n) is 6.32. The lowest BCUT2D eigenvalue weighted by molar-refractivity contribution is 0.414. The van der Waals surface area contributed by atoms with Gasteiger partial charge in [-0.25, -0.2) is 0 Å². The van der Waals surface area contributed by atoms with Gasteiger partial charge in [-0.1, -0.05) is 11.6 Å². The van der Waals surface area contributed by atoms with Crippen LogP contribution in [0.25, 0.3) is 0 Å². The summed E-state index contributed by atoms with van der Waals surface area (Å²) in [5.41, 5.74) is 1.19. The molecule has 0 radical (unpaired) electrons. The zero-order valence-corrected chi connectivity index (χ0v) is 9.23. The molecule has 11 heavy (non-hydrogen) atoms. The lowest BCUT2D eigenvalue weighted by atomic mass is 10.2. The van der Waals surface area contributed by atoms with Gasteiger partial charge < -0.3 is 4.74 Å². The van der Waals surface area contributed by atoms with E-state index in [1.807, 2.05) is 19.1 Å². The monoisotopic (exact) mass is 282 g/mol. The van der Waals surface area contributed by atoms with Gasteiger partial charge in [-0.05, 0) is 47.2 Å². The van der Waals surface area contributed by atoms with Gasteiger partial charge in [-0.15, -0.1) is 0 Å². The minimum absolute atomic E-state index is 0.669. The third kappa shape index (κ3) is 1.99. The van der Waals surface area contributed by atoms with Crippen LogP contribution in [0.2, 0.25) is 5.02 Å². The highest BCUT2D eigenvalue weighted by Crippen LogP contribution is 2.28. The van der Waals surface area contributed by atoms with E-state index >= 15 is 0 Å². The van der Waals surface area contributed by atoms with Gasteiger partial charge in [-0.3, -0.25) is 0 Å². The van der Waals surface area contributed by atoms with Crippen molar-refractivity contribution >= 4 is 34.2 Å². The third-order valence-corrected chi connectivity index (χ3v) is 2.89. The Bertz CT molecular complexity index is 273. The summed E-state index contributed by atoms with van der Waals surface area (Å²) in [5, 5.41) is 0.669. The van der Waals surface area contributed by atoms with Crippen LogP contribution in [0.1, 0.15) is 5.56 Å². The Morgan fingerprint density at radius 3 is 2.64 bits per heavy atom. The largest absolute Gasteiger partial charge is 0.495 e. The fraction of sp³-hybridized carbons (Fsp3) is 0.250. The first-order chi connectivity index (χ1) is 5.15. The topological polar surface area (TPSA) is 9.23 Å². The molecule has 0 heterocycles. The number of hydrogen-bond acceptors (Lipinski definition) is 1. The first-order valence-electron chi connectivity index (χ1n) is 3.15. The third-order valence-electron chi connectivity index (χ3n) is 1.43. The van der Waals surface area contributed by atoms with Gasteiger partial charge in [0.15, 0.2) is 0 Å². The van der Waals surface area contributed by atoms with E-state index in [-0.39, 0.29) is 0 Å². The van der Waals surface area contributed by atoms with E-state index < -0.39 is 0 Å². The van der Waals surface area contributed by atoms with Gasteiger partial charge >= 0.3 is 0 Å². The molecule has 1 nitrogen and oxygen atoms in total. The molecule has 0 fully saturated rings. The van der Waals surface area contributed by atoms with E-state index in [4.69, 9.17) is 16.3 Å². The molecule has 0 spiro atoms. The van der Waals surface area contributed by atoms with E-state index in [9.17, 15) is 0 Å². The van der Waals surface area contributed by atoms with Crippen LogP contribution in [0.3, 0.4) is 0 Å². The van der Waals surface area contributed by atoms with E-state index in [1.54, 1.807) is 7.11 Å². The van der Waals surface area contributed by atoms with Crippen LogP contribution in [0.4, 0.5) is 0 Å². The highest BCUT2D eigenvalue weighted by Gasteiger charge is 2.02. The minimum Gasteiger partial charge on any atom is -0.495 e. The number of benzene rings is 1. The fourth-order valence-electron chi connectivity index (χ4n) is 0.787. The van der Waals surface area contributed by atoms with E-state index in [1.165, 1.54) is 5.56 Å². The summed E-state index contributed by atoms with van der Waals surface area (Å²) >= 11 is 8.11. The first-order valence-corrected chi connectivity index (χ1v) is 4.60. The van der Waals surface area contributed by atoms with Crippen molar-refractivity contribution in [3.05, 3.63) is 26.3 Å². The summed E-state index contributed by atoms with van der Waals surface area (Å²) in [6.45, 7) is 2.03. The molecule has 0 aromatic heterocycles. The molecule has 0 saturated carbocycles. The van der Waals surface area contributed by atoms with Crippen molar-refractivity contribution in [1.82, 2.24) is 0 Å². The molecule has 1 aromatic carbocycles. The van der Waals surface area contributed by atoms with E-state index in [0.717, 1.165) is 9.32 Å². The Kier molecular flexibility index (Phi) is 3.01. The number of rotatable bonds is 1. The molecule has 3 heteroatoms. The maximum Gasteiger partial charge on any atom is 0.137 e. The van der Waals surface area contributed by atoms with E-state index in [0.29, 0.717) is 5.02 Å². The maximum atomic E-state index is 5.87. The van der Waals surface area contributed by atoms with Gasteiger partial charge in [-0.2, -0.15) is 0 Å². The van der Waals surface area contributed by atoms with Crippen LogP contribution < -0.4 is 4.74 Å². The van der Waals surface area contributed by atoms with Crippen LogP contribution in [0, 0.1) is 10.5 Å². The van der Waals surface area contributed by atoms with Gasteiger partial charge in [0.2, 0.25) is 0 Å². The van der Waals surface area contributed by atoms with Crippen molar-refractivity contribution in [1.29, 1.82) is 0 Å². The summed E-state index contributed by atoms with van der Waals surface area (Å²) in [5.74, 6) is 0.740. The average molecular weight is 283 g/mol. The van der Waals surface area contributed by atoms with Gasteiger partial charge in [0, 0.05) is 3.57 Å². The minimum atomic E-state index is 0.669. The summed E-state index contributed by atoms with van der Waals surface area (Å²) < 4.78 is 6.21. The summed E-state index contributed by atoms with van der Waals surface area (Å²) in [4.78, 5) is 0. The smallest absolute Gasteiger partial charge is 0.137 e. The molecular formula is C8H8ClIO. The Morgan fingerprint density at radius 2 is 2.09 bits per heavy atom. The number of aryl methyl sites for hydroxylation is 1. The molecule has 0 aliphatic carbocycles. The summed E-state index contributed by atoms with van der Waals surface area (Å²) in [6.07, 6.45) is 0. The van der Waals surface area contributed by atoms with Gasteiger partial charge in [0.05, 0.1) is 12.1 Å². The van der Waals surface area contributed by atoms with Crippen LogP contribution in [-0.2, 0) is 0 Å². The molecular weight excluding hydrogens is 274 g/mol. The summed E-state index contributed by atoms with van der Waals surface area (Å²) in [6, 6.07) is 3.83. The lowest BCUT2D eigenvalue weighted by Gasteiger charge is -2.04. The van der Waals surface area contributed by atoms with Crippen LogP contribution in [0.15, 0.2) is 12.1 Å². The predicted octanol–water partition coefficient (Wildman–Crippen LogP) is 3.26. The maximum absolute atomic E-state index is 5.87. The second kappa shape index (κ2) is 3.63. The molecule has 0 unspecified atom stereocenters. The number of ether oxygens (including phenoxy) is 1. The molecule has 0 N–H and O–H groups in total. The van der Waals surface area contributed by atoms with Gasteiger partial charge in [0.1, 0.15) is 5.75 Å². The molecule has 1 rings (SSSR count). The van der Waals surface area contributed by atoms with E-state index in [2.05, 4.69) is 22.6 Å². The molecule has 0 atom stereocenters. The molecule has 60 valence electrons. The van der Waals surface area contributed by atoms with Crippen molar-refractivity contribution in [2.45, 2.75) is 6.92 Å². The van der Waals surface area contributed by atoms with Crippen LogP contribution in [-0.4, -0.2) is 7.11 Å². The second-order valence-electron chi connectivity index (χ2n) is 2.24. The second-order valence-corrected chi connectivity index (χ2v) is 3.81. The molecule has 0 amide bonds. The first kappa shape index (κ1) is 9.13. The number of halogens is 2. The fourth-order valence-corrected chi connectivity index (χ4v) is 1.68. The molecule has 0 bridgehead atoms. The SMILES string of the molecule is COc1cc(C)c(I)cc1Cl. The Labute approximate surface area is 84.8 Å². The Hall–Kier alpha value is 0.0400. The van der Waals surface area contributed by atoms with Crippen LogP contribution in [0.5, 0.6) is 5.75 Å². The lowest BCUT2D eigenvalue weighted by Crippen LogP contribution is -1.87. The number of hydrogen-bond donors (Lipinski definition) is 0. The standard InChI is InChI=1S/C8H8ClIO/c1-5-3-8(11-2)6(9)4-7(5)10/h3-4H,1-2H3. The molecule has 0 saturated heterocycles. The highest BCUT2D eigenvalue weighted by molar-refractivity contribution is 14.1. The predicted molar refractivity (Wildman–Crippen MR) is 55.5 cm³/mol. The average Bonchev–Trinajstić information content (AvgIpc) is 1.97. The van der Waals surface area contributed by atoms with Crippen molar-refractivity contribution in [3.63, 3.8) is 0 Å². The zero-order chi connectivity index (χ0) is 8.43. The van der Waals surface area contributed by atoms with Crippen molar-refractivity contribution < 1.29 is 4.74 Å².